The normalized spacial score (nSPS) is 14.1. The maximum atomic E-state index is 12.2. The Balaban J connectivity index is 0.000000345. The highest BCUT2D eigenvalue weighted by molar-refractivity contribution is 5.82. The van der Waals surface area contributed by atoms with E-state index in [0.717, 1.165) is 61.6 Å². The Hall–Kier alpha value is -3.35. The predicted octanol–water partition coefficient (Wildman–Crippen LogP) is 7.36. The monoisotopic (exact) mass is 597 g/mol. The van der Waals surface area contributed by atoms with Gasteiger partial charge in [-0.25, -0.2) is 4.39 Å². The average molecular weight is 598 g/mol. The van der Waals surface area contributed by atoms with Gasteiger partial charge >= 0.3 is 0 Å². The van der Waals surface area contributed by atoms with Crippen molar-refractivity contribution in [2.24, 2.45) is 17.8 Å². The summed E-state index contributed by atoms with van der Waals surface area (Å²) in [5.41, 5.74) is 3.10. The van der Waals surface area contributed by atoms with Gasteiger partial charge in [0, 0.05) is 18.3 Å². The second-order valence-electron chi connectivity index (χ2n) is 12.0. The summed E-state index contributed by atoms with van der Waals surface area (Å²) >= 11 is 0. The second-order valence-corrected chi connectivity index (χ2v) is 12.0. The van der Waals surface area contributed by atoms with Crippen LogP contribution < -0.4 is 20.7 Å². The number of benzene rings is 2. The van der Waals surface area contributed by atoms with Gasteiger partial charge in [-0.05, 0) is 86.6 Å². The van der Waals surface area contributed by atoms with Crippen molar-refractivity contribution in [1.82, 2.24) is 16.0 Å². The number of amides is 2. The van der Waals surface area contributed by atoms with Gasteiger partial charge in [0.1, 0.15) is 17.6 Å². The molecule has 2 unspecified atom stereocenters. The minimum atomic E-state index is -0.167. The summed E-state index contributed by atoms with van der Waals surface area (Å²) in [5.74, 6) is 2.43. The number of halogens is 1. The fourth-order valence-corrected chi connectivity index (χ4v) is 4.43. The molecule has 43 heavy (non-hydrogen) atoms. The fraction of sp³-hybridized carbons (Fsp3) is 0.556. The lowest BCUT2D eigenvalue weighted by Gasteiger charge is -2.25. The zero-order valence-corrected chi connectivity index (χ0v) is 27.5. The fourth-order valence-electron chi connectivity index (χ4n) is 4.43. The molecule has 1 aliphatic rings. The summed E-state index contributed by atoms with van der Waals surface area (Å²) in [6.45, 7) is 19.7. The van der Waals surface area contributed by atoms with Crippen molar-refractivity contribution in [3.05, 3.63) is 77.8 Å². The molecule has 0 heterocycles. The number of nitrogens with one attached hydrogen (secondary N) is 3. The number of hydrogen-bond acceptors (Lipinski definition) is 4. The van der Waals surface area contributed by atoms with Crippen LogP contribution in [0, 0.1) is 30.5 Å². The van der Waals surface area contributed by atoms with Crippen LogP contribution in [0.15, 0.2) is 60.8 Å². The number of para-hydroxylation sites is 1. The van der Waals surface area contributed by atoms with E-state index in [2.05, 4.69) is 63.2 Å². The molecule has 7 heteroatoms. The first-order valence-corrected chi connectivity index (χ1v) is 15.8. The Kier molecular flexibility index (Phi) is 18.7. The summed E-state index contributed by atoms with van der Waals surface area (Å²) in [6.07, 6.45) is 7.31. The molecule has 0 saturated heterocycles. The average Bonchev–Trinajstić information content (AvgIpc) is 3.78. The van der Waals surface area contributed by atoms with Crippen molar-refractivity contribution < 1.29 is 18.7 Å². The molecule has 1 aliphatic carbocycles. The minimum Gasteiger partial charge on any atom is -0.493 e. The summed E-state index contributed by atoms with van der Waals surface area (Å²) in [7, 11) is 0. The third kappa shape index (κ3) is 17.4. The van der Waals surface area contributed by atoms with Gasteiger partial charge in [-0.1, -0.05) is 84.4 Å². The Morgan fingerprint density at radius 1 is 1.07 bits per heavy atom. The molecule has 240 valence electrons. The summed E-state index contributed by atoms with van der Waals surface area (Å²) in [6, 6.07) is 14.7. The molecule has 3 N–H and O–H groups in total. The number of ether oxygens (including phenoxy) is 1. The molecule has 0 spiro atoms. The SMILES string of the molecule is C=C(CC)NC(C(=O)NC(C)CC1CC1)C(C)C.CCCOc1ccccc1C[C@@H](C)CNC=O.Cc1cccc(F)c1. The highest BCUT2D eigenvalue weighted by Crippen LogP contribution is 2.33. The van der Waals surface area contributed by atoms with Gasteiger partial charge < -0.3 is 20.7 Å². The zero-order chi connectivity index (χ0) is 32.2. The van der Waals surface area contributed by atoms with E-state index in [9.17, 15) is 14.0 Å². The van der Waals surface area contributed by atoms with E-state index in [1.54, 1.807) is 6.07 Å². The molecule has 0 bridgehead atoms. The number of rotatable bonds is 16. The lowest BCUT2D eigenvalue weighted by Crippen LogP contribution is -2.49. The zero-order valence-electron chi connectivity index (χ0n) is 27.5. The third-order valence-electron chi connectivity index (χ3n) is 7.04. The standard InChI is InChI=1S/C15H28N2O.C14H21NO2.C7H7F/c1-6-11(4)16-14(10(2)3)15(18)17-12(5)9-13-7-8-13;1-3-8-17-14-7-5-4-6-13(14)9-12(2)10-15-11-16;1-6-3-2-4-7(8)5-6/h10,12-14,16H,4,6-9H2,1-3,5H3,(H,17,18);4-7,11-12H,3,8-10H2,1-2H3,(H,15,16);2-5H,1H3/t;12-;/m.1./s1. The van der Waals surface area contributed by atoms with Gasteiger partial charge in [-0.15, -0.1) is 0 Å². The molecule has 0 aromatic heterocycles. The van der Waals surface area contributed by atoms with Gasteiger partial charge in [0.25, 0.3) is 0 Å². The van der Waals surface area contributed by atoms with Gasteiger partial charge in [0.05, 0.1) is 6.61 Å². The number of aryl methyl sites for hydroxylation is 1. The van der Waals surface area contributed by atoms with Crippen LogP contribution >= 0.6 is 0 Å². The van der Waals surface area contributed by atoms with Crippen LogP contribution in [-0.2, 0) is 16.0 Å². The summed E-state index contributed by atoms with van der Waals surface area (Å²) in [5, 5.41) is 9.06. The van der Waals surface area contributed by atoms with Crippen molar-refractivity contribution in [2.75, 3.05) is 13.2 Å². The Morgan fingerprint density at radius 3 is 2.30 bits per heavy atom. The lowest BCUT2D eigenvalue weighted by molar-refractivity contribution is -0.124. The third-order valence-corrected chi connectivity index (χ3v) is 7.04. The molecule has 1 fully saturated rings. The first-order chi connectivity index (χ1) is 20.5. The van der Waals surface area contributed by atoms with Gasteiger partial charge in [0.15, 0.2) is 0 Å². The van der Waals surface area contributed by atoms with Gasteiger partial charge in [-0.2, -0.15) is 0 Å². The number of carbonyl (C=O) groups is 2. The molecule has 3 atom stereocenters. The predicted molar refractivity (Wildman–Crippen MR) is 176 cm³/mol. The largest absolute Gasteiger partial charge is 0.493 e. The van der Waals surface area contributed by atoms with Crippen LogP contribution in [0.3, 0.4) is 0 Å². The molecule has 2 aromatic rings. The van der Waals surface area contributed by atoms with Crippen LogP contribution in [-0.4, -0.2) is 37.6 Å². The van der Waals surface area contributed by atoms with E-state index < -0.39 is 0 Å². The van der Waals surface area contributed by atoms with E-state index in [1.807, 2.05) is 38.1 Å². The van der Waals surface area contributed by atoms with Crippen molar-refractivity contribution in [3.63, 3.8) is 0 Å². The topological polar surface area (TPSA) is 79.5 Å². The highest BCUT2D eigenvalue weighted by Gasteiger charge is 2.27. The molecule has 1 saturated carbocycles. The Bertz CT molecular complexity index is 1070. The van der Waals surface area contributed by atoms with Crippen molar-refractivity contribution in [2.45, 2.75) is 99.1 Å². The maximum Gasteiger partial charge on any atom is 0.242 e. The van der Waals surface area contributed by atoms with Crippen LogP contribution in [0.25, 0.3) is 0 Å². The second kappa shape index (κ2) is 21.4. The molecular weight excluding hydrogens is 541 g/mol. The number of allylic oxidation sites excluding steroid dienone is 1. The minimum absolute atomic E-state index is 0.104. The van der Waals surface area contributed by atoms with Crippen molar-refractivity contribution in [1.29, 1.82) is 0 Å². The molecular formula is C36H56FN3O3. The molecule has 0 aliphatic heterocycles. The molecule has 3 rings (SSSR count). The number of hydrogen-bond donors (Lipinski definition) is 3. The van der Waals surface area contributed by atoms with E-state index in [4.69, 9.17) is 4.74 Å². The van der Waals surface area contributed by atoms with E-state index in [0.29, 0.717) is 12.5 Å². The summed E-state index contributed by atoms with van der Waals surface area (Å²) < 4.78 is 17.9. The Labute approximate surface area is 260 Å². The van der Waals surface area contributed by atoms with E-state index in [1.165, 1.54) is 30.5 Å². The Morgan fingerprint density at radius 2 is 1.77 bits per heavy atom. The van der Waals surface area contributed by atoms with E-state index >= 15 is 0 Å². The van der Waals surface area contributed by atoms with Crippen LogP contribution in [0.2, 0.25) is 0 Å². The van der Waals surface area contributed by atoms with Crippen molar-refractivity contribution >= 4 is 12.3 Å². The first kappa shape index (κ1) is 37.7. The smallest absolute Gasteiger partial charge is 0.242 e. The van der Waals surface area contributed by atoms with Crippen LogP contribution in [0.5, 0.6) is 5.75 Å². The molecule has 0 radical (unpaired) electrons. The molecule has 2 amide bonds. The maximum absolute atomic E-state index is 12.2. The number of carbonyl (C=O) groups excluding carboxylic acids is 2. The highest BCUT2D eigenvalue weighted by atomic mass is 19.1. The van der Waals surface area contributed by atoms with Crippen LogP contribution in [0.1, 0.15) is 84.8 Å². The lowest BCUT2D eigenvalue weighted by atomic mass is 10.0. The quantitative estimate of drug-likeness (QED) is 0.177. The summed E-state index contributed by atoms with van der Waals surface area (Å²) in [4.78, 5) is 22.5. The van der Waals surface area contributed by atoms with Crippen LogP contribution in [0.4, 0.5) is 4.39 Å². The van der Waals surface area contributed by atoms with Gasteiger partial charge in [0.2, 0.25) is 12.3 Å². The van der Waals surface area contributed by atoms with E-state index in [-0.39, 0.29) is 29.7 Å². The van der Waals surface area contributed by atoms with Crippen molar-refractivity contribution in [3.8, 4) is 5.75 Å². The molecule has 2 aromatic carbocycles. The first-order valence-electron chi connectivity index (χ1n) is 15.8. The molecule has 6 nitrogen and oxygen atoms in total. The van der Waals surface area contributed by atoms with Gasteiger partial charge in [-0.3, -0.25) is 9.59 Å².